The van der Waals surface area contributed by atoms with Crippen LogP contribution in [0.3, 0.4) is 0 Å². The molecular weight excluding hydrogens is 317 g/mol. The van der Waals surface area contributed by atoms with Crippen molar-refractivity contribution in [3.63, 3.8) is 0 Å². The van der Waals surface area contributed by atoms with Gasteiger partial charge < -0.3 is 0 Å². The van der Waals surface area contributed by atoms with Crippen LogP contribution in [-0.4, -0.2) is 61.8 Å². The molecule has 0 aromatic heterocycles. The van der Waals surface area contributed by atoms with E-state index < -0.39 is 20.6 Å². The van der Waals surface area contributed by atoms with Crippen LogP contribution in [0.25, 0.3) is 0 Å². The van der Waals surface area contributed by atoms with Gasteiger partial charge in [0, 0.05) is 0 Å². The van der Waals surface area contributed by atoms with Gasteiger partial charge in [0.15, 0.2) is 0 Å². The van der Waals surface area contributed by atoms with Gasteiger partial charge in [-0.05, 0) is 0 Å². The van der Waals surface area contributed by atoms with Crippen LogP contribution in [0.4, 0.5) is 0 Å². The van der Waals surface area contributed by atoms with Crippen molar-refractivity contribution in [1.82, 2.24) is 9.36 Å². The van der Waals surface area contributed by atoms with Crippen molar-refractivity contribution in [3.8, 4) is 0 Å². The van der Waals surface area contributed by atoms with Gasteiger partial charge in [0.2, 0.25) is 0 Å². The van der Waals surface area contributed by atoms with Gasteiger partial charge in [0.1, 0.15) is 0 Å². The molecule has 1 aliphatic rings. The molecule has 0 bridgehead atoms. The molecule has 0 aromatic carbocycles. The third kappa shape index (κ3) is 3.82. The number of rotatable bonds is 7. The first-order valence-electron chi connectivity index (χ1n) is 7.18. The van der Waals surface area contributed by atoms with Crippen molar-refractivity contribution in [2.45, 2.75) is 66.5 Å². The van der Waals surface area contributed by atoms with Crippen LogP contribution in [0.15, 0.2) is 0 Å². The predicted molar refractivity (Wildman–Crippen MR) is 76.7 cm³/mol. The Morgan fingerprint density at radius 2 is 1.35 bits per heavy atom. The van der Waals surface area contributed by atoms with E-state index in [1.807, 2.05) is 0 Å². The molecule has 4 heteroatoms. The van der Waals surface area contributed by atoms with Crippen LogP contribution < -0.4 is 0 Å². The Labute approximate surface area is 116 Å². The second kappa shape index (κ2) is 7.31. The van der Waals surface area contributed by atoms with Crippen molar-refractivity contribution in [3.05, 3.63) is 0 Å². The van der Waals surface area contributed by atoms with Crippen LogP contribution in [0.2, 0.25) is 0 Å². The molecule has 3 nitrogen and oxygen atoms in total. The Morgan fingerprint density at radius 3 is 1.65 bits per heavy atom. The molecule has 1 fully saturated rings. The van der Waals surface area contributed by atoms with E-state index in [2.05, 4.69) is 50.9 Å². The molecule has 1 heterocycles. The molecule has 1 rings (SSSR count). The van der Waals surface area contributed by atoms with Crippen LogP contribution in [-0.2, 0) is 0 Å². The molecule has 0 amide bonds. The Balaban J connectivity index is 2.70. The molecule has 0 aromatic rings. The zero-order chi connectivity index (χ0) is 13.0. The summed E-state index contributed by atoms with van der Waals surface area (Å²) in [4.78, 5) is 0. The summed E-state index contributed by atoms with van der Waals surface area (Å²) in [5, 5.41) is 0. The summed E-state index contributed by atoms with van der Waals surface area (Å²) >= 11 is -1.63. The molecule has 0 atom stereocenters. The Morgan fingerprint density at radius 1 is 0.941 bits per heavy atom. The summed E-state index contributed by atoms with van der Waals surface area (Å²) in [6.07, 6.45) is 2.59. The molecule has 0 spiro atoms. The van der Waals surface area contributed by atoms with Gasteiger partial charge in [-0.2, -0.15) is 0 Å². The van der Waals surface area contributed by atoms with Crippen LogP contribution >= 0.6 is 0 Å². The summed E-state index contributed by atoms with van der Waals surface area (Å²) < 4.78 is 8.44. The van der Waals surface area contributed by atoms with E-state index in [0.717, 1.165) is 12.1 Å². The Kier molecular flexibility index (Phi) is 6.77. The molecule has 0 aliphatic carbocycles. The van der Waals surface area contributed by atoms with Gasteiger partial charge in [0.25, 0.3) is 0 Å². The summed E-state index contributed by atoms with van der Waals surface area (Å²) in [6.45, 7) is 17.9. The van der Waals surface area contributed by atoms with E-state index in [1.165, 1.54) is 32.6 Å². The first-order valence-corrected chi connectivity index (χ1v) is 11.0. The van der Waals surface area contributed by atoms with E-state index in [1.54, 1.807) is 0 Å². The topological polar surface area (TPSA) is 9.72 Å². The second-order valence-corrected chi connectivity index (χ2v) is 12.4. The van der Waals surface area contributed by atoms with E-state index >= 15 is 0 Å². The summed E-state index contributed by atoms with van der Waals surface area (Å²) in [5.74, 6) is 0. The maximum absolute atomic E-state index is 2.84. The first kappa shape index (κ1) is 15.7. The Bertz CT molecular complexity index is 201. The van der Waals surface area contributed by atoms with Crippen LogP contribution in [0, 0.1) is 0 Å². The predicted octanol–water partition coefficient (Wildman–Crippen LogP) is 2.49. The molecule has 1 radical (unpaired) electrons. The molecule has 0 N–H and O–H groups in total. The van der Waals surface area contributed by atoms with E-state index in [0.29, 0.717) is 0 Å². The second-order valence-electron chi connectivity index (χ2n) is 5.56. The van der Waals surface area contributed by atoms with Gasteiger partial charge in [-0.25, -0.2) is 0 Å². The fourth-order valence-electron chi connectivity index (χ4n) is 2.38. The van der Waals surface area contributed by atoms with Crippen molar-refractivity contribution >= 4 is 20.6 Å². The monoisotopic (exact) mass is 348 g/mol. The average molecular weight is 347 g/mol. The van der Waals surface area contributed by atoms with Gasteiger partial charge in [-0.3, -0.25) is 0 Å². The minimum absolute atomic E-state index is 0.732. The normalized spacial score (nSPS) is 19.6. The van der Waals surface area contributed by atoms with Crippen molar-refractivity contribution in [2.75, 3.05) is 19.8 Å². The van der Waals surface area contributed by atoms with Crippen molar-refractivity contribution in [2.24, 2.45) is 0 Å². The molecule has 101 valence electrons. The molecule has 17 heavy (non-hydrogen) atoms. The van der Waals surface area contributed by atoms with Gasteiger partial charge >= 0.3 is 116 Å². The van der Waals surface area contributed by atoms with Crippen LogP contribution in [0.5, 0.6) is 0 Å². The number of nitrogens with zero attached hydrogens (tertiary/aromatic N) is 3. The quantitative estimate of drug-likeness (QED) is 0.656. The first-order chi connectivity index (χ1) is 8.02. The third-order valence-corrected chi connectivity index (χ3v) is 12.9. The van der Waals surface area contributed by atoms with E-state index in [9.17, 15) is 0 Å². The summed E-state index contributed by atoms with van der Waals surface area (Å²) in [7, 11) is 0. The van der Waals surface area contributed by atoms with Crippen molar-refractivity contribution in [1.29, 1.82) is 0 Å². The molecule has 1 saturated heterocycles. The SMILES string of the molecule is CCC[N](CCC)[Sn]1[N](C(C)C)C[N]1C(C)C. The van der Waals surface area contributed by atoms with Gasteiger partial charge in [0.05, 0.1) is 0 Å². The standard InChI is InChI=1S/C7H16N2.C6H14N.Sn/c1-6(2)8-5-9-7(3)4;1-3-5-7-6-4-2;/h6-7H,5H2,1-4H3;3-6H2,1-2H3;/q-2;-1;+3. The Hall–Kier alpha value is 0.679. The summed E-state index contributed by atoms with van der Waals surface area (Å²) in [5.41, 5.74) is 0. The fraction of sp³-hybridized carbons (Fsp3) is 1.00. The molecule has 0 unspecified atom stereocenters. The van der Waals surface area contributed by atoms with Crippen LogP contribution in [0.1, 0.15) is 54.4 Å². The number of hydrogen-bond donors (Lipinski definition) is 0. The summed E-state index contributed by atoms with van der Waals surface area (Å²) in [6, 6.07) is 1.46. The van der Waals surface area contributed by atoms with E-state index in [4.69, 9.17) is 0 Å². The zero-order valence-corrected chi connectivity index (χ0v) is 15.4. The van der Waals surface area contributed by atoms with Crippen molar-refractivity contribution < 1.29 is 0 Å². The van der Waals surface area contributed by atoms with Gasteiger partial charge in [-0.1, -0.05) is 0 Å². The molecular formula is C13H30N3Sn. The molecule has 1 aliphatic heterocycles. The maximum atomic E-state index is 2.84. The third-order valence-electron chi connectivity index (χ3n) is 3.34. The average Bonchev–Trinajstić information content (AvgIpc) is 2.15. The molecule has 0 saturated carbocycles. The minimum atomic E-state index is -1.63. The fourth-order valence-corrected chi connectivity index (χ4v) is 11.4. The van der Waals surface area contributed by atoms with E-state index in [-0.39, 0.29) is 0 Å². The zero-order valence-electron chi connectivity index (χ0n) is 12.5. The van der Waals surface area contributed by atoms with Gasteiger partial charge in [-0.15, -0.1) is 0 Å². The number of hydrogen-bond acceptors (Lipinski definition) is 3.